The number of pyridine rings is 2. The molecule has 0 atom stereocenters. The summed E-state index contributed by atoms with van der Waals surface area (Å²) < 4.78 is 0.964. The van der Waals surface area contributed by atoms with Crippen molar-refractivity contribution in [2.75, 3.05) is 24.7 Å². The summed E-state index contributed by atoms with van der Waals surface area (Å²) in [6, 6.07) is 18.3. The summed E-state index contributed by atoms with van der Waals surface area (Å²) >= 11 is 3.52. The first-order valence-electron chi connectivity index (χ1n) is 10.2. The maximum Gasteiger partial charge on any atom is 0.103 e. The van der Waals surface area contributed by atoms with Crippen molar-refractivity contribution in [2.24, 2.45) is 0 Å². The molecule has 0 spiro atoms. The first kappa shape index (κ1) is 21.8. The van der Waals surface area contributed by atoms with Gasteiger partial charge in [0.05, 0.1) is 16.8 Å². The molecule has 0 aliphatic carbocycles. The zero-order valence-corrected chi connectivity index (χ0v) is 19.5. The lowest BCUT2D eigenvalue weighted by Gasteiger charge is -2.18. The van der Waals surface area contributed by atoms with Crippen molar-refractivity contribution in [1.82, 2.24) is 14.9 Å². The molecule has 0 saturated carbocycles. The van der Waals surface area contributed by atoms with Crippen molar-refractivity contribution in [3.63, 3.8) is 0 Å². The standard InChI is InChI=1S/C25H23BrN6/c1-32(2)16-18-9-22(29-14-17-5-4-8-28-13-17)11-23-24(18)30-15-19(12-27)25(23)31-21-7-3-6-20(26)10-21/h3-11,13,15,29H,14,16H2,1-2H3,(H,30,31). The van der Waals surface area contributed by atoms with Gasteiger partial charge in [-0.1, -0.05) is 28.1 Å². The van der Waals surface area contributed by atoms with E-state index in [0.29, 0.717) is 12.1 Å². The van der Waals surface area contributed by atoms with Gasteiger partial charge < -0.3 is 15.5 Å². The summed E-state index contributed by atoms with van der Waals surface area (Å²) in [6.45, 7) is 1.38. The summed E-state index contributed by atoms with van der Waals surface area (Å²) in [5.74, 6) is 0. The highest BCUT2D eigenvalue weighted by Crippen LogP contribution is 2.34. The van der Waals surface area contributed by atoms with E-state index < -0.39 is 0 Å². The maximum absolute atomic E-state index is 9.78. The van der Waals surface area contributed by atoms with Crippen LogP contribution in [0, 0.1) is 11.3 Å². The van der Waals surface area contributed by atoms with Gasteiger partial charge in [-0.3, -0.25) is 9.97 Å². The molecule has 0 amide bonds. The highest BCUT2D eigenvalue weighted by Gasteiger charge is 2.15. The number of nitrogens with zero attached hydrogens (tertiary/aromatic N) is 4. The molecule has 2 N–H and O–H groups in total. The minimum Gasteiger partial charge on any atom is -0.381 e. The van der Waals surface area contributed by atoms with Crippen LogP contribution in [-0.4, -0.2) is 29.0 Å². The molecule has 0 radical (unpaired) electrons. The van der Waals surface area contributed by atoms with Crippen LogP contribution in [-0.2, 0) is 13.1 Å². The van der Waals surface area contributed by atoms with Crippen LogP contribution in [0.4, 0.5) is 17.1 Å². The lowest BCUT2D eigenvalue weighted by atomic mass is 10.0. The lowest BCUT2D eigenvalue weighted by Crippen LogP contribution is -2.12. The number of nitrogens with one attached hydrogen (secondary N) is 2. The molecular formula is C25H23BrN6. The van der Waals surface area contributed by atoms with Crippen LogP contribution >= 0.6 is 15.9 Å². The van der Waals surface area contributed by atoms with Crippen molar-refractivity contribution in [1.29, 1.82) is 5.26 Å². The molecule has 32 heavy (non-hydrogen) atoms. The Kier molecular flexibility index (Phi) is 6.64. The average molecular weight is 487 g/mol. The van der Waals surface area contributed by atoms with Gasteiger partial charge in [-0.15, -0.1) is 0 Å². The minimum atomic E-state index is 0.498. The molecule has 2 aromatic heterocycles. The molecular weight excluding hydrogens is 464 g/mol. The van der Waals surface area contributed by atoms with Crippen LogP contribution in [0.3, 0.4) is 0 Å². The van der Waals surface area contributed by atoms with Gasteiger partial charge in [0.25, 0.3) is 0 Å². The Morgan fingerprint density at radius 2 is 1.94 bits per heavy atom. The molecule has 0 bridgehead atoms. The van der Waals surface area contributed by atoms with E-state index in [4.69, 9.17) is 0 Å². The quantitative estimate of drug-likeness (QED) is 0.349. The Labute approximate surface area is 196 Å². The number of rotatable bonds is 7. The van der Waals surface area contributed by atoms with Crippen LogP contribution in [0.25, 0.3) is 10.9 Å². The second kappa shape index (κ2) is 9.77. The molecule has 0 aliphatic rings. The SMILES string of the molecule is CN(C)Cc1cc(NCc2cccnc2)cc2c(Nc3cccc(Br)c3)c(C#N)cnc12. The molecule has 6 nitrogen and oxygen atoms in total. The topological polar surface area (TPSA) is 76.9 Å². The smallest absolute Gasteiger partial charge is 0.103 e. The first-order chi connectivity index (χ1) is 15.5. The summed E-state index contributed by atoms with van der Waals surface area (Å²) in [5.41, 5.74) is 6.17. The number of benzene rings is 2. The third-order valence-electron chi connectivity index (χ3n) is 4.97. The highest BCUT2D eigenvalue weighted by molar-refractivity contribution is 9.10. The second-order valence-electron chi connectivity index (χ2n) is 7.78. The van der Waals surface area contributed by atoms with Crippen LogP contribution < -0.4 is 10.6 Å². The normalized spacial score (nSPS) is 10.8. The third-order valence-corrected chi connectivity index (χ3v) is 5.46. The molecule has 0 fully saturated rings. The molecule has 2 aromatic carbocycles. The van der Waals surface area contributed by atoms with Gasteiger partial charge in [0, 0.05) is 52.9 Å². The van der Waals surface area contributed by atoms with E-state index in [2.05, 4.69) is 59.6 Å². The van der Waals surface area contributed by atoms with E-state index >= 15 is 0 Å². The minimum absolute atomic E-state index is 0.498. The molecule has 0 unspecified atom stereocenters. The van der Waals surface area contributed by atoms with Crippen molar-refractivity contribution in [3.8, 4) is 6.07 Å². The van der Waals surface area contributed by atoms with Gasteiger partial charge in [0.2, 0.25) is 0 Å². The predicted octanol–water partition coefficient (Wildman–Crippen LogP) is 5.68. The number of fused-ring (bicyclic) bond motifs is 1. The fourth-order valence-electron chi connectivity index (χ4n) is 3.58. The molecule has 160 valence electrons. The Balaban J connectivity index is 1.82. The van der Waals surface area contributed by atoms with Gasteiger partial charge in [-0.2, -0.15) is 5.26 Å². The molecule has 4 rings (SSSR count). The summed E-state index contributed by atoms with van der Waals surface area (Å²) in [6.07, 6.45) is 5.26. The van der Waals surface area contributed by atoms with Crippen LogP contribution in [0.15, 0.2) is 71.6 Å². The van der Waals surface area contributed by atoms with Gasteiger partial charge in [0.1, 0.15) is 6.07 Å². The number of hydrogen-bond acceptors (Lipinski definition) is 6. The van der Waals surface area contributed by atoms with Crippen molar-refractivity contribution in [2.45, 2.75) is 13.1 Å². The van der Waals surface area contributed by atoms with Gasteiger partial charge in [-0.25, -0.2) is 0 Å². The van der Waals surface area contributed by atoms with E-state index in [0.717, 1.165) is 50.1 Å². The number of halogens is 1. The Morgan fingerprint density at radius 3 is 2.66 bits per heavy atom. The number of nitriles is 1. The van der Waals surface area contributed by atoms with E-state index in [1.807, 2.05) is 56.7 Å². The maximum atomic E-state index is 9.78. The van der Waals surface area contributed by atoms with Crippen molar-refractivity contribution >= 4 is 43.9 Å². The molecule has 0 aliphatic heterocycles. The van der Waals surface area contributed by atoms with Crippen LogP contribution in [0.1, 0.15) is 16.7 Å². The zero-order valence-electron chi connectivity index (χ0n) is 17.9. The Morgan fingerprint density at radius 1 is 1.06 bits per heavy atom. The predicted molar refractivity (Wildman–Crippen MR) is 133 cm³/mol. The van der Waals surface area contributed by atoms with Crippen molar-refractivity contribution in [3.05, 3.63) is 88.3 Å². The fourth-order valence-corrected chi connectivity index (χ4v) is 3.98. The molecule has 7 heteroatoms. The van der Waals surface area contributed by atoms with Crippen LogP contribution in [0.5, 0.6) is 0 Å². The number of anilines is 3. The number of aromatic nitrogens is 2. The lowest BCUT2D eigenvalue weighted by molar-refractivity contribution is 0.404. The molecule has 4 aromatic rings. The molecule has 2 heterocycles. The Bertz CT molecular complexity index is 1280. The van der Waals surface area contributed by atoms with E-state index in [9.17, 15) is 5.26 Å². The van der Waals surface area contributed by atoms with Gasteiger partial charge in [-0.05, 0) is 61.6 Å². The summed E-state index contributed by atoms with van der Waals surface area (Å²) in [7, 11) is 4.07. The molecule has 0 saturated heterocycles. The first-order valence-corrected chi connectivity index (χ1v) is 11.0. The largest absolute Gasteiger partial charge is 0.381 e. The number of hydrogen-bond donors (Lipinski definition) is 2. The highest BCUT2D eigenvalue weighted by atomic mass is 79.9. The summed E-state index contributed by atoms with van der Waals surface area (Å²) in [4.78, 5) is 10.9. The van der Waals surface area contributed by atoms with E-state index in [-0.39, 0.29) is 0 Å². The average Bonchev–Trinajstić information content (AvgIpc) is 2.78. The monoisotopic (exact) mass is 486 g/mol. The summed E-state index contributed by atoms with van der Waals surface area (Å²) in [5, 5.41) is 17.6. The zero-order chi connectivity index (χ0) is 22.5. The third kappa shape index (κ3) is 5.05. The van der Waals surface area contributed by atoms with Gasteiger partial charge in [0.15, 0.2) is 0 Å². The van der Waals surface area contributed by atoms with E-state index in [1.54, 1.807) is 12.4 Å². The fraction of sp³-hybridized carbons (Fsp3) is 0.160. The van der Waals surface area contributed by atoms with Crippen LogP contribution in [0.2, 0.25) is 0 Å². The van der Waals surface area contributed by atoms with Gasteiger partial charge >= 0.3 is 0 Å². The second-order valence-corrected chi connectivity index (χ2v) is 8.69. The van der Waals surface area contributed by atoms with E-state index in [1.165, 1.54) is 0 Å². The Hall–Kier alpha value is -3.47. The van der Waals surface area contributed by atoms with Crippen molar-refractivity contribution < 1.29 is 0 Å².